The highest BCUT2D eigenvalue weighted by Crippen LogP contribution is 2.25. The number of nitrogens with zero attached hydrogens (tertiary/aromatic N) is 1. The van der Waals surface area contributed by atoms with E-state index >= 15 is 0 Å². The van der Waals surface area contributed by atoms with E-state index in [0.717, 1.165) is 0 Å². The first-order valence-corrected chi connectivity index (χ1v) is 6.50. The molecule has 1 aliphatic rings. The lowest BCUT2D eigenvalue weighted by atomic mass is 9.96. The number of H-pyrrole nitrogens is 1. The van der Waals surface area contributed by atoms with Gasteiger partial charge in [0.2, 0.25) is 0 Å². The molecule has 0 amide bonds. The van der Waals surface area contributed by atoms with Crippen molar-refractivity contribution in [3.05, 3.63) is 27.4 Å². The van der Waals surface area contributed by atoms with Gasteiger partial charge in [-0.15, -0.1) is 0 Å². The van der Waals surface area contributed by atoms with Crippen molar-refractivity contribution in [1.82, 2.24) is 9.55 Å². The van der Waals surface area contributed by atoms with Gasteiger partial charge in [0.25, 0.3) is 5.56 Å². The molecule has 0 atom stereocenters. The van der Waals surface area contributed by atoms with E-state index < -0.39 is 0 Å². The summed E-state index contributed by atoms with van der Waals surface area (Å²) in [6.07, 6.45) is 10.8. The van der Waals surface area contributed by atoms with Crippen LogP contribution in [-0.2, 0) is 0 Å². The highest BCUT2D eigenvalue weighted by molar-refractivity contribution is 7.71. The Labute approximate surface area is 101 Å². The Balaban J connectivity index is 2.20. The lowest BCUT2D eigenvalue weighted by Crippen LogP contribution is -2.17. The average Bonchev–Trinajstić information content (AvgIpc) is 2.19. The van der Waals surface area contributed by atoms with Crippen molar-refractivity contribution in [3.8, 4) is 0 Å². The van der Waals surface area contributed by atoms with Crippen LogP contribution in [0.5, 0.6) is 0 Å². The molecule has 0 bridgehead atoms. The molecule has 1 heterocycles. The Bertz CT molecular complexity index is 441. The van der Waals surface area contributed by atoms with Crippen LogP contribution in [0.4, 0.5) is 0 Å². The third kappa shape index (κ3) is 2.82. The van der Waals surface area contributed by atoms with Gasteiger partial charge in [0.15, 0.2) is 4.77 Å². The van der Waals surface area contributed by atoms with Crippen LogP contribution in [0.15, 0.2) is 17.1 Å². The molecule has 0 aromatic carbocycles. The topological polar surface area (TPSA) is 37.8 Å². The predicted octanol–water partition coefficient (Wildman–Crippen LogP) is 3.19. The SMILES string of the molecule is O=c1ccn(C2CCCCCCC2)c(=S)[nH]1. The molecule has 0 saturated heterocycles. The minimum absolute atomic E-state index is 0.105. The first-order chi connectivity index (χ1) is 7.77. The van der Waals surface area contributed by atoms with Gasteiger partial charge in [-0.25, -0.2) is 0 Å². The Morgan fingerprint density at radius 2 is 1.81 bits per heavy atom. The van der Waals surface area contributed by atoms with Crippen LogP contribution in [0, 0.1) is 4.77 Å². The maximum absolute atomic E-state index is 11.1. The first-order valence-electron chi connectivity index (χ1n) is 6.09. The van der Waals surface area contributed by atoms with E-state index in [1.165, 1.54) is 44.9 Å². The molecule has 0 spiro atoms. The number of rotatable bonds is 1. The quantitative estimate of drug-likeness (QED) is 0.763. The summed E-state index contributed by atoms with van der Waals surface area (Å²) in [5.74, 6) is 0. The largest absolute Gasteiger partial charge is 0.322 e. The highest BCUT2D eigenvalue weighted by atomic mass is 32.1. The van der Waals surface area contributed by atoms with Crippen LogP contribution in [-0.4, -0.2) is 9.55 Å². The van der Waals surface area contributed by atoms with E-state index in [1.807, 2.05) is 6.20 Å². The molecular weight excluding hydrogens is 220 g/mol. The molecule has 1 fully saturated rings. The smallest absolute Gasteiger partial charge is 0.251 e. The molecular formula is C12H18N2OS. The molecule has 4 heteroatoms. The van der Waals surface area contributed by atoms with E-state index in [9.17, 15) is 4.79 Å². The fourth-order valence-corrected chi connectivity index (χ4v) is 2.74. The Morgan fingerprint density at radius 1 is 1.19 bits per heavy atom. The second kappa shape index (κ2) is 5.43. The van der Waals surface area contributed by atoms with Crippen LogP contribution in [0.25, 0.3) is 0 Å². The predicted molar refractivity (Wildman–Crippen MR) is 67.2 cm³/mol. The minimum atomic E-state index is -0.105. The van der Waals surface area contributed by atoms with Crippen molar-refractivity contribution in [2.45, 2.75) is 51.0 Å². The zero-order valence-corrected chi connectivity index (χ0v) is 10.3. The Hall–Kier alpha value is -0.900. The van der Waals surface area contributed by atoms with E-state index in [0.29, 0.717) is 10.8 Å². The molecule has 1 aliphatic carbocycles. The molecule has 2 rings (SSSR count). The second-order valence-corrected chi connectivity index (χ2v) is 4.90. The van der Waals surface area contributed by atoms with Crippen LogP contribution in [0.2, 0.25) is 0 Å². The average molecular weight is 238 g/mol. The fourth-order valence-electron chi connectivity index (χ4n) is 2.43. The van der Waals surface area contributed by atoms with E-state index in [-0.39, 0.29) is 5.56 Å². The first kappa shape index (κ1) is 11.6. The molecule has 1 aromatic heterocycles. The molecule has 0 unspecified atom stereocenters. The normalized spacial score (nSPS) is 19.0. The number of nitrogens with one attached hydrogen (secondary N) is 1. The zero-order valence-electron chi connectivity index (χ0n) is 9.45. The number of hydrogen-bond acceptors (Lipinski definition) is 2. The van der Waals surface area contributed by atoms with Gasteiger partial charge in [0.05, 0.1) is 0 Å². The lowest BCUT2D eigenvalue weighted by molar-refractivity contribution is 0.365. The summed E-state index contributed by atoms with van der Waals surface area (Å²) < 4.78 is 2.63. The van der Waals surface area contributed by atoms with Crippen molar-refractivity contribution < 1.29 is 0 Å². The maximum Gasteiger partial charge on any atom is 0.251 e. The van der Waals surface area contributed by atoms with Crippen molar-refractivity contribution in [2.75, 3.05) is 0 Å². The minimum Gasteiger partial charge on any atom is -0.322 e. The summed E-state index contributed by atoms with van der Waals surface area (Å²) in [6, 6.07) is 2.04. The monoisotopic (exact) mass is 238 g/mol. The number of aromatic amines is 1. The summed E-state index contributed by atoms with van der Waals surface area (Å²) in [7, 11) is 0. The molecule has 1 N–H and O–H groups in total. The zero-order chi connectivity index (χ0) is 11.4. The van der Waals surface area contributed by atoms with E-state index in [1.54, 1.807) is 6.07 Å². The molecule has 0 aliphatic heterocycles. The van der Waals surface area contributed by atoms with E-state index in [4.69, 9.17) is 12.2 Å². The molecule has 1 saturated carbocycles. The van der Waals surface area contributed by atoms with Crippen LogP contribution < -0.4 is 5.56 Å². The van der Waals surface area contributed by atoms with E-state index in [2.05, 4.69) is 9.55 Å². The van der Waals surface area contributed by atoms with Gasteiger partial charge in [0, 0.05) is 18.3 Å². The number of aromatic nitrogens is 2. The third-order valence-corrected chi connectivity index (χ3v) is 3.63. The van der Waals surface area contributed by atoms with Gasteiger partial charge in [-0.1, -0.05) is 32.1 Å². The molecule has 88 valence electrons. The molecule has 0 radical (unpaired) electrons. The fraction of sp³-hybridized carbons (Fsp3) is 0.667. The van der Waals surface area contributed by atoms with Crippen molar-refractivity contribution in [1.29, 1.82) is 0 Å². The third-order valence-electron chi connectivity index (χ3n) is 3.32. The van der Waals surface area contributed by atoms with Crippen molar-refractivity contribution in [2.24, 2.45) is 0 Å². The number of hydrogen-bond donors (Lipinski definition) is 1. The van der Waals surface area contributed by atoms with Gasteiger partial charge >= 0.3 is 0 Å². The standard InChI is InChI=1S/C12H18N2OS/c15-11-8-9-14(12(16)13-11)10-6-4-2-1-3-5-7-10/h8-10H,1-7H2,(H,13,15,16). The van der Waals surface area contributed by atoms with Crippen molar-refractivity contribution in [3.63, 3.8) is 0 Å². The summed E-state index contributed by atoms with van der Waals surface area (Å²) >= 11 is 5.21. The summed E-state index contributed by atoms with van der Waals surface area (Å²) in [4.78, 5) is 13.8. The van der Waals surface area contributed by atoms with Gasteiger partial charge < -0.3 is 4.57 Å². The van der Waals surface area contributed by atoms with Gasteiger partial charge in [-0.3, -0.25) is 9.78 Å². The van der Waals surface area contributed by atoms with Crippen molar-refractivity contribution >= 4 is 12.2 Å². The highest BCUT2D eigenvalue weighted by Gasteiger charge is 2.12. The second-order valence-electron chi connectivity index (χ2n) is 4.52. The summed E-state index contributed by atoms with van der Waals surface area (Å²) in [6.45, 7) is 0. The molecule has 1 aromatic rings. The maximum atomic E-state index is 11.1. The summed E-state index contributed by atoms with van der Waals surface area (Å²) in [5.41, 5.74) is -0.105. The summed E-state index contributed by atoms with van der Waals surface area (Å²) in [5, 5.41) is 0. The lowest BCUT2D eigenvalue weighted by Gasteiger charge is -2.22. The van der Waals surface area contributed by atoms with Crippen LogP contribution in [0.1, 0.15) is 51.0 Å². The molecule has 3 nitrogen and oxygen atoms in total. The van der Waals surface area contributed by atoms with Gasteiger partial charge in [-0.2, -0.15) is 0 Å². The van der Waals surface area contributed by atoms with Gasteiger partial charge in [0.1, 0.15) is 0 Å². The Morgan fingerprint density at radius 3 is 2.44 bits per heavy atom. The van der Waals surface area contributed by atoms with Crippen LogP contribution >= 0.6 is 12.2 Å². The Kier molecular flexibility index (Phi) is 3.93. The van der Waals surface area contributed by atoms with Gasteiger partial charge in [-0.05, 0) is 25.1 Å². The molecule has 16 heavy (non-hydrogen) atoms. The van der Waals surface area contributed by atoms with Crippen LogP contribution in [0.3, 0.4) is 0 Å².